The lowest BCUT2D eigenvalue weighted by molar-refractivity contribution is 0.465. The Morgan fingerprint density at radius 1 is 1.19 bits per heavy atom. The Balaban J connectivity index is 2.26. The molecule has 7 heteroatoms. The molecule has 0 amide bonds. The van der Waals surface area contributed by atoms with Gasteiger partial charge in [0.25, 0.3) is 0 Å². The molecule has 0 aliphatic carbocycles. The SMILES string of the molecule is Cc1ccc(CN(C)S(=O)(=O)c2cnc(Cl)nc2)c(C)c1. The average molecular weight is 326 g/mol. The second-order valence-electron chi connectivity index (χ2n) is 4.88. The fourth-order valence-electron chi connectivity index (χ4n) is 1.96. The van der Waals surface area contributed by atoms with Crippen LogP contribution in [0.15, 0.2) is 35.5 Å². The van der Waals surface area contributed by atoms with Crippen LogP contribution in [0.2, 0.25) is 5.28 Å². The van der Waals surface area contributed by atoms with Crippen molar-refractivity contribution in [3.05, 3.63) is 52.6 Å². The molecule has 1 heterocycles. The molecule has 0 saturated carbocycles. The van der Waals surface area contributed by atoms with Gasteiger partial charge >= 0.3 is 0 Å². The second-order valence-corrected chi connectivity index (χ2v) is 7.26. The normalized spacial score (nSPS) is 11.9. The Morgan fingerprint density at radius 2 is 1.81 bits per heavy atom. The zero-order chi connectivity index (χ0) is 15.6. The fraction of sp³-hybridized carbons (Fsp3) is 0.286. The molecular weight excluding hydrogens is 310 g/mol. The Hall–Kier alpha value is -1.50. The minimum atomic E-state index is -3.63. The summed E-state index contributed by atoms with van der Waals surface area (Å²) in [5, 5.41) is 0.0194. The summed E-state index contributed by atoms with van der Waals surface area (Å²) >= 11 is 5.58. The van der Waals surface area contributed by atoms with Gasteiger partial charge < -0.3 is 0 Å². The molecule has 2 rings (SSSR count). The van der Waals surface area contributed by atoms with Crippen molar-refractivity contribution in [2.45, 2.75) is 25.3 Å². The van der Waals surface area contributed by atoms with Gasteiger partial charge in [0.1, 0.15) is 4.90 Å². The maximum atomic E-state index is 12.4. The second kappa shape index (κ2) is 6.09. The maximum absolute atomic E-state index is 12.4. The van der Waals surface area contributed by atoms with Gasteiger partial charge in [0, 0.05) is 13.6 Å². The molecule has 21 heavy (non-hydrogen) atoms. The van der Waals surface area contributed by atoms with E-state index in [9.17, 15) is 8.42 Å². The molecule has 0 radical (unpaired) electrons. The van der Waals surface area contributed by atoms with E-state index in [0.29, 0.717) is 0 Å². The van der Waals surface area contributed by atoms with Crippen LogP contribution in [0, 0.1) is 13.8 Å². The van der Waals surface area contributed by atoms with Crippen LogP contribution >= 0.6 is 11.6 Å². The van der Waals surface area contributed by atoms with E-state index in [2.05, 4.69) is 9.97 Å². The Bertz CT molecular complexity index is 745. The first kappa shape index (κ1) is 15.9. The van der Waals surface area contributed by atoms with Gasteiger partial charge in [-0.3, -0.25) is 0 Å². The average Bonchev–Trinajstić information content (AvgIpc) is 2.42. The Morgan fingerprint density at radius 3 is 2.38 bits per heavy atom. The van der Waals surface area contributed by atoms with Gasteiger partial charge in [-0.1, -0.05) is 23.8 Å². The van der Waals surface area contributed by atoms with Crippen LogP contribution in [0.4, 0.5) is 0 Å². The van der Waals surface area contributed by atoms with Crippen LogP contribution in [0.25, 0.3) is 0 Å². The van der Waals surface area contributed by atoms with Crippen molar-refractivity contribution in [1.82, 2.24) is 14.3 Å². The van der Waals surface area contributed by atoms with Crippen LogP contribution in [0.1, 0.15) is 16.7 Å². The number of hydrogen-bond donors (Lipinski definition) is 0. The van der Waals surface area contributed by atoms with Crippen molar-refractivity contribution >= 4 is 21.6 Å². The zero-order valence-corrected chi connectivity index (χ0v) is 13.6. The highest BCUT2D eigenvalue weighted by Gasteiger charge is 2.22. The van der Waals surface area contributed by atoms with Crippen molar-refractivity contribution in [2.75, 3.05) is 7.05 Å². The summed E-state index contributed by atoms with van der Waals surface area (Å²) in [5.41, 5.74) is 3.17. The highest BCUT2D eigenvalue weighted by molar-refractivity contribution is 7.89. The van der Waals surface area contributed by atoms with Gasteiger partial charge in [-0.15, -0.1) is 0 Å². The van der Waals surface area contributed by atoms with E-state index in [1.165, 1.54) is 23.7 Å². The molecule has 0 fully saturated rings. The molecule has 2 aromatic rings. The molecule has 0 bridgehead atoms. The molecule has 0 unspecified atom stereocenters. The standard InChI is InChI=1S/C14H16ClN3O2S/c1-10-4-5-12(11(2)6-10)9-18(3)21(19,20)13-7-16-14(15)17-8-13/h4-8H,9H2,1-3H3. The van der Waals surface area contributed by atoms with E-state index >= 15 is 0 Å². The number of nitrogens with zero attached hydrogens (tertiary/aromatic N) is 3. The molecule has 0 aliphatic heterocycles. The first-order valence-corrected chi connectivity index (χ1v) is 8.12. The number of sulfonamides is 1. The Labute approximate surface area is 129 Å². The molecule has 5 nitrogen and oxygen atoms in total. The van der Waals surface area contributed by atoms with Crippen molar-refractivity contribution in [3.63, 3.8) is 0 Å². The number of hydrogen-bond acceptors (Lipinski definition) is 4. The molecule has 1 aromatic heterocycles. The minimum Gasteiger partial charge on any atom is -0.225 e. The first-order chi connectivity index (χ1) is 9.80. The smallest absolute Gasteiger partial charge is 0.225 e. The number of benzene rings is 1. The van der Waals surface area contributed by atoms with Crippen LogP contribution in [0.5, 0.6) is 0 Å². The van der Waals surface area contributed by atoms with Crippen LogP contribution in [-0.2, 0) is 16.6 Å². The summed E-state index contributed by atoms with van der Waals surface area (Å²) in [6, 6.07) is 5.93. The monoisotopic (exact) mass is 325 g/mol. The third-order valence-corrected chi connectivity index (χ3v) is 5.15. The number of aryl methyl sites for hydroxylation is 2. The first-order valence-electron chi connectivity index (χ1n) is 6.31. The molecule has 0 aliphatic rings. The quantitative estimate of drug-likeness (QED) is 0.810. The molecule has 1 aromatic carbocycles. The van der Waals surface area contributed by atoms with Gasteiger partial charge in [0.05, 0.1) is 12.4 Å². The molecule has 0 saturated heterocycles. The lowest BCUT2D eigenvalue weighted by atomic mass is 10.1. The largest absolute Gasteiger partial charge is 0.246 e. The zero-order valence-electron chi connectivity index (χ0n) is 12.0. The van der Waals surface area contributed by atoms with Crippen molar-refractivity contribution < 1.29 is 8.42 Å². The van der Waals surface area contributed by atoms with Crippen LogP contribution in [-0.4, -0.2) is 29.7 Å². The molecule has 112 valence electrons. The molecule has 0 spiro atoms. The predicted octanol–water partition coefficient (Wildman–Crippen LogP) is 2.57. The van der Waals surface area contributed by atoms with E-state index in [0.717, 1.165) is 16.7 Å². The molecular formula is C14H16ClN3O2S. The van der Waals surface area contributed by atoms with Gasteiger partial charge in [-0.25, -0.2) is 18.4 Å². The predicted molar refractivity (Wildman–Crippen MR) is 81.6 cm³/mol. The van der Waals surface area contributed by atoms with E-state index in [1.807, 2.05) is 32.0 Å². The summed E-state index contributed by atoms with van der Waals surface area (Å²) in [6.07, 6.45) is 2.42. The third kappa shape index (κ3) is 3.58. The highest BCUT2D eigenvalue weighted by atomic mass is 35.5. The lowest BCUT2D eigenvalue weighted by Gasteiger charge is -2.18. The summed E-state index contributed by atoms with van der Waals surface area (Å²) in [5.74, 6) is 0. The van der Waals surface area contributed by atoms with E-state index in [4.69, 9.17) is 11.6 Å². The fourth-order valence-corrected chi connectivity index (χ4v) is 3.10. The number of rotatable bonds is 4. The van der Waals surface area contributed by atoms with Crippen molar-refractivity contribution in [1.29, 1.82) is 0 Å². The summed E-state index contributed by atoms with van der Waals surface area (Å²) in [6.45, 7) is 4.26. The van der Waals surface area contributed by atoms with Crippen LogP contribution < -0.4 is 0 Å². The maximum Gasteiger partial charge on any atom is 0.246 e. The highest BCUT2D eigenvalue weighted by Crippen LogP contribution is 2.18. The van der Waals surface area contributed by atoms with Crippen LogP contribution in [0.3, 0.4) is 0 Å². The van der Waals surface area contributed by atoms with E-state index in [1.54, 1.807) is 0 Å². The number of halogens is 1. The topological polar surface area (TPSA) is 63.2 Å². The minimum absolute atomic E-state index is 0.0194. The Kier molecular flexibility index (Phi) is 4.61. The third-order valence-electron chi connectivity index (χ3n) is 3.20. The van der Waals surface area contributed by atoms with Gasteiger partial charge in [-0.2, -0.15) is 4.31 Å². The van der Waals surface area contributed by atoms with Gasteiger partial charge in [0.2, 0.25) is 15.3 Å². The molecule has 0 N–H and O–H groups in total. The van der Waals surface area contributed by atoms with Crippen molar-refractivity contribution in [3.8, 4) is 0 Å². The van der Waals surface area contributed by atoms with E-state index < -0.39 is 10.0 Å². The lowest BCUT2D eigenvalue weighted by Crippen LogP contribution is -2.27. The van der Waals surface area contributed by atoms with Crippen molar-refractivity contribution in [2.24, 2.45) is 0 Å². The molecule has 0 atom stereocenters. The summed E-state index contributed by atoms with van der Waals surface area (Å²) in [4.78, 5) is 7.45. The van der Waals surface area contributed by atoms with Gasteiger partial charge in [-0.05, 0) is 36.6 Å². The summed E-state index contributed by atoms with van der Waals surface area (Å²) in [7, 11) is -2.10. The van der Waals surface area contributed by atoms with Gasteiger partial charge in [0.15, 0.2) is 0 Å². The summed E-state index contributed by atoms with van der Waals surface area (Å²) < 4.78 is 26.1. The van der Waals surface area contributed by atoms with E-state index in [-0.39, 0.29) is 16.7 Å². The number of aromatic nitrogens is 2.